The topological polar surface area (TPSA) is 86.4 Å². The molecule has 3 aliphatic rings. The number of fused-ring (bicyclic) bond motifs is 1. The number of carbonyl (C=O) groups is 2. The highest BCUT2D eigenvalue weighted by atomic mass is 16.4. The minimum atomic E-state index is -0.857. The minimum absolute atomic E-state index is 0.118. The van der Waals surface area contributed by atoms with Crippen molar-refractivity contribution in [1.29, 1.82) is 0 Å². The molecule has 0 bridgehead atoms. The molecule has 7 nitrogen and oxygen atoms in total. The normalized spacial score (nSPS) is 21.4. The quantitative estimate of drug-likeness (QED) is 0.540. The SMILES string of the molecule is O=C(O)N1CCC(CCN2C(=O)C3(CCCC3)N=C2c2ccc(-c3ccc4occc4c3)cc2)C1. The van der Waals surface area contributed by atoms with E-state index in [2.05, 4.69) is 36.4 Å². The zero-order chi connectivity index (χ0) is 24.0. The molecule has 1 atom stereocenters. The maximum atomic E-state index is 13.6. The Labute approximate surface area is 204 Å². The highest BCUT2D eigenvalue weighted by Crippen LogP contribution is 2.40. The van der Waals surface area contributed by atoms with Crippen LogP contribution in [-0.4, -0.2) is 57.9 Å². The number of hydrogen-bond acceptors (Lipinski definition) is 4. The van der Waals surface area contributed by atoms with E-state index in [1.807, 2.05) is 17.0 Å². The molecule has 1 N–H and O–H groups in total. The average molecular weight is 472 g/mol. The maximum absolute atomic E-state index is 13.6. The fraction of sp³-hybridized carbons (Fsp3) is 0.393. The number of likely N-dealkylation sites (tertiary alicyclic amines) is 1. The van der Waals surface area contributed by atoms with Crippen LogP contribution in [0.5, 0.6) is 0 Å². The Morgan fingerprint density at radius 1 is 1.06 bits per heavy atom. The van der Waals surface area contributed by atoms with Crippen LogP contribution in [0.1, 0.15) is 44.1 Å². The van der Waals surface area contributed by atoms with E-state index in [1.54, 1.807) is 6.26 Å². The molecule has 1 spiro atoms. The van der Waals surface area contributed by atoms with Gasteiger partial charge in [0.15, 0.2) is 0 Å². The summed E-state index contributed by atoms with van der Waals surface area (Å²) in [6.07, 6.45) is 6.16. The maximum Gasteiger partial charge on any atom is 0.407 e. The Kier molecular flexibility index (Phi) is 5.35. The summed E-state index contributed by atoms with van der Waals surface area (Å²) in [5.41, 5.74) is 3.43. The van der Waals surface area contributed by atoms with Crippen LogP contribution in [-0.2, 0) is 4.79 Å². The largest absolute Gasteiger partial charge is 0.465 e. The number of amidine groups is 1. The van der Waals surface area contributed by atoms with E-state index in [0.717, 1.165) is 72.0 Å². The number of aliphatic imine (C=N–C) groups is 1. The van der Waals surface area contributed by atoms with Crippen LogP contribution < -0.4 is 0 Å². The van der Waals surface area contributed by atoms with Crippen LogP contribution in [0.25, 0.3) is 22.1 Å². The number of amides is 2. The summed E-state index contributed by atoms with van der Waals surface area (Å²) < 4.78 is 5.46. The number of furan rings is 1. The van der Waals surface area contributed by atoms with Crippen LogP contribution >= 0.6 is 0 Å². The molecule has 1 aliphatic carbocycles. The fourth-order valence-electron chi connectivity index (χ4n) is 5.88. The van der Waals surface area contributed by atoms with Crippen molar-refractivity contribution in [2.45, 2.75) is 44.1 Å². The Balaban J connectivity index is 1.24. The van der Waals surface area contributed by atoms with E-state index in [-0.39, 0.29) is 11.8 Å². The molecule has 2 fully saturated rings. The molecule has 2 amide bonds. The van der Waals surface area contributed by atoms with Gasteiger partial charge in [0, 0.05) is 30.6 Å². The standard InChI is InChI=1S/C28H29N3O4/c32-26-28(12-1-2-13-28)29-25(31(26)15-10-19-9-14-30(18-19)27(33)34)21-5-3-20(4-6-21)22-7-8-24-23(17-22)11-16-35-24/h3-8,11,16-17,19H,1-2,9-10,12-15,18H2,(H,33,34). The molecule has 0 radical (unpaired) electrons. The number of rotatable bonds is 5. The lowest BCUT2D eigenvalue weighted by Gasteiger charge is -2.24. The Bertz CT molecular complexity index is 1300. The van der Waals surface area contributed by atoms with Gasteiger partial charge in [-0.25, -0.2) is 4.79 Å². The molecular formula is C28H29N3O4. The molecule has 3 heterocycles. The highest BCUT2D eigenvalue weighted by Gasteiger charge is 2.49. The number of benzene rings is 2. The Hall–Kier alpha value is -3.61. The second-order valence-corrected chi connectivity index (χ2v) is 10.1. The van der Waals surface area contributed by atoms with E-state index >= 15 is 0 Å². The third-order valence-corrected chi connectivity index (χ3v) is 7.90. The van der Waals surface area contributed by atoms with E-state index < -0.39 is 11.6 Å². The Morgan fingerprint density at radius 2 is 1.80 bits per heavy atom. The van der Waals surface area contributed by atoms with Crippen LogP contribution in [0.2, 0.25) is 0 Å². The van der Waals surface area contributed by atoms with Gasteiger partial charge in [-0.05, 0) is 60.9 Å². The van der Waals surface area contributed by atoms with E-state index in [4.69, 9.17) is 9.41 Å². The minimum Gasteiger partial charge on any atom is -0.465 e. The summed E-state index contributed by atoms with van der Waals surface area (Å²) in [5.74, 6) is 1.16. The Morgan fingerprint density at radius 3 is 2.54 bits per heavy atom. The molecule has 35 heavy (non-hydrogen) atoms. The lowest BCUT2D eigenvalue weighted by molar-refractivity contribution is -0.131. The third kappa shape index (κ3) is 3.89. The first-order valence-corrected chi connectivity index (χ1v) is 12.5. The summed E-state index contributed by atoms with van der Waals surface area (Å²) in [7, 11) is 0. The van der Waals surface area contributed by atoms with Crippen molar-refractivity contribution in [3.63, 3.8) is 0 Å². The van der Waals surface area contributed by atoms with Gasteiger partial charge in [0.25, 0.3) is 5.91 Å². The van der Waals surface area contributed by atoms with Gasteiger partial charge < -0.3 is 14.4 Å². The van der Waals surface area contributed by atoms with Crippen LogP contribution in [0.4, 0.5) is 4.79 Å². The molecule has 1 aromatic heterocycles. The van der Waals surface area contributed by atoms with Gasteiger partial charge in [-0.3, -0.25) is 14.7 Å². The first-order valence-electron chi connectivity index (χ1n) is 12.5. The van der Waals surface area contributed by atoms with Crippen molar-refractivity contribution in [1.82, 2.24) is 9.80 Å². The second-order valence-electron chi connectivity index (χ2n) is 10.1. The molecule has 2 aromatic carbocycles. The second kappa shape index (κ2) is 8.56. The molecule has 2 aliphatic heterocycles. The van der Waals surface area contributed by atoms with Gasteiger partial charge in [0.05, 0.1) is 6.26 Å². The van der Waals surface area contributed by atoms with E-state index in [0.29, 0.717) is 19.6 Å². The average Bonchev–Trinajstić information content (AvgIpc) is 3.67. The molecule has 1 unspecified atom stereocenters. The van der Waals surface area contributed by atoms with Crippen molar-refractivity contribution in [2.75, 3.05) is 19.6 Å². The molecule has 1 saturated heterocycles. The number of nitrogens with zero attached hydrogens (tertiary/aromatic N) is 3. The number of carbonyl (C=O) groups excluding carboxylic acids is 1. The summed E-state index contributed by atoms with van der Waals surface area (Å²) in [6, 6.07) is 16.4. The van der Waals surface area contributed by atoms with Crippen molar-refractivity contribution in [3.05, 3.63) is 60.4 Å². The van der Waals surface area contributed by atoms with Gasteiger partial charge in [-0.2, -0.15) is 0 Å². The van der Waals surface area contributed by atoms with Gasteiger partial charge in [0.1, 0.15) is 17.0 Å². The summed E-state index contributed by atoms with van der Waals surface area (Å²) >= 11 is 0. The highest BCUT2D eigenvalue weighted by molar-refractivity contribution is 6.15. The van der Waals surface area contributed by atoms with Gasteiger partial charge in [-0.1, -0.05) is 43.2 Å². The first-order chi connectivity index (χ1) is 17.0. The van der Waals surface area contributed by atoms with Gasteiger partial charge in [-0.15, -0.1) is 0 Å². The van der Waals surface area contributed by atoms with E-state index in [9.17, 15) is 14.7 Å². The lowest BCUT2D eigenvalue weighted by atomic mass is 9.97. The summed E-state index contributed by atoms with van der Waals surface area (Å²) in [4.78, 5) is 33.3. The van der Waals surface area contributed by atoms with Crippen LogP contribution in [0.15, 0.2) is 64.2 Å². The van der Waals surface area contributed by atoms with Gasteiger partial charge in [0.2, 0.25) is 0 Å². The molecule has 6 rings (SSSR count). The number of carboxylic acid groups (broad SMARTS) is 1. The third-order valence-electron chi connectivity index (χ3n) is 7.90. The molecule has 1 saturated carbocycles. The molecular weight excluding hydrogens is 442 g/mol. The van der Waals surface area contributed by atoms with E-state index in [1.165, 1.54) is 4.90 Å². The molecule has 3 aromatic rings. The first kappa shape index (κ1) is 21.9. The van der Waals surface area contributed by atoms with Crippen molar-refractivity contribution >= 4 is 28.8 Å². The van der Waals surface area contributed by atoms with Crippen LogP contribution in [0.3, 0.4) is 0 Å². The monoisotopic (exact) mass is 471 g/mol. The lowest BCUT2D eigenvalue weighted by Crippen LogP contribution is -2.42. The van der Waals surface area contributed by atoms with Crippen molar-refractivity contribution in [2.24, 2.45) is 10.9 Å². The van der Waals surface area contributed by atoms with Gasteiger partial charge >= 0.3 is 6.09 Å². The fourth-order valence-corrected chi connectivity index (χ4v) is 5.88. The summed E-state index contributed by atoms with van der Waals surface area (Å²) in [5, 5.41) is 10.3. The molecule has 7 heteroatoms. The predicted molar refractivity (Wildman–Crippen MR) is 133 cm³/mol. The molecule has 180 valence electrons. The zero-order valence-corrected chi connectivity index (χ0v) is 19.7. The summed E-state index contributed by atoms with van der Waals surface area (Å²) in [6.45, 7) is 1.70. The smallest absolute Gasteiger partial charge is 0.407 e. The zero-order valence-electron chi connectivity index (χ0n) is 19.7. The number of hydrogen-bond donors (Lipinski definition) is 1. The van der Waals surface area contributed by atoms with Crippen LogP contribution in [0, 0.1) is 5.92 Å². The predicted octanol–water partition coefficient (Wildman–Crippen LogP) is 5.39. The van der Waals surface area contributed by atoms with Crippen molar-refractivity contribution in [3.8, 4) is 11.1 Å². The van der Waals surface area contributed by atoms with Crippen molar-refractivity contribution < 1.29 is 19.1 Å².